The molecule has 1 aromatic rings. The van der Waals surface area contributed by atoms with Gasteiger partial charge in [-0.1, -0.05) is 30.4 Å². The van der Waals surface area contributed by atoms with Crippen molar-refractivity contribution in [2.75, 3.05) is 6.79 Å². The molecule has 7 nitrogen and oxygen atoms in total. The number of carbonyl (C=O) groups is 2. The van der Waals surface area contributed by atoms with Gasteiger partial charge < -0.3 is 29.0 Å². The zero-order valence-electron chi connectivity index (χ0n) is 14.7. The van der Waals surface area contributed by atoms with Crippen LogP contribution in [0.3, 0.4) is 0 Å². The molecule has 1 spiro atoms. The predicted octanol–water partition coefficient (Wildman–Crippen LogP) is 0.392. The van der Waals surface area contributed by atoms with E-state index in [-0.39, 0.29) is 12.7 Å². The Morgan fingerprint density at radius 1 is 1.37 bits per heavy atom. The number of likely N-dealkylation sites (tertiary alicyclic amines) is 1. The summed E-state index contributed by atoms with van der Waals surface area (Å²) in [6, 6.07) is 5.07. The van der Waals surface area contributed by atoms with E-state index in [1.165, 1.54) is 0 Å². The van der Waals surface area contributed by atoms with E-state index in [0.717, 1.165) is 11.1 Å². The van der Waals surface area contributed by atoms with Gasteiger partial charge in [-0.25, -0.2) is 0 Å². The first-order valence-electron chi connectivity index (χ1n) is 8.85. The van der Waals surface area contributed by atoms with Gasteiger partial charge in [0.25, 0.3) is 0 Å². The third-order valence-corrected chi connectivity index (χ3v) is 5.90. The zero-order chi connectivity index (χ0) is 18.9. The van der Waals surface area contributed by atoms with Crippen molar-refractivity contribution in [3.05, 3.63) is 48.1 Å². The van der Waals surface area contributed by atoms with Gasteiger partial charge in [-0.2, -0.15) is 0 Å². The summed E-state index contributed by atoms with van der Waals surface area (Å²) in [5.74, 6) is -1.98. The van der Waals surface area contributed by atoms with Gasteiger partial charge in [0.05, 0.1) is 18.1 Å². The monoisotopic (exact) mass is 368 g/mol. The normalized spacial score (nSPS) is 35.0. The Morgan fingerprint density at radius 2 is 2.15 bits per heavy atom. The van der Waals surface area contributed by atoms with Gasteiger partial charge >= 0.3 is 0 Å². The van der Waals surface area contributed by atoms with Gasteiger partial charge in [0.15, 0.2) is 11.5 Å². The van der Waals surface area contributed by atoms with Crippen molar-refractivity contribution in [1.82, 2.24) is 4.90 Å². The van der Waals surface area contributed by atoms with Gasteiger partial charge in [-0.3, -0.25) is 4.79 Å². The number of benzene rings is 1. The molecule has 4 aliphatic heterocycles. The van der Waals surface area contributed by atoms with E-state index < -0.39 is 35.6 Å². The number of carboxylic acids is 1. The Bertz CT molecular complexity index is 908. The number of carboxylic acid groups (broad SMARTS) is 1. The fourth-order valence-corrected chi connectivity index (χ4v) is 4.95. The van der Waals surface area contributed by atoms with Crippen LogP contribution in [0.25, 0.3) is 0 Å². The van der Waals surface area contributed by atoms with E-state index in [4.69, 9.17) is 14.2 Å². The summed E-state index contributed by atoms with van der Waals surface area (Å²) in [6.45, 7) is 6.35. The molecule has 0 saturated carbocycles. The Morgan fingerprint density at radius 3 is 2.89 bits per heavy atom. The van der Waals surface area contributed by atoms with Crippen LogP contribution in [-0.4, -0.2) is 41.3 Å². The second kappa shape index (κ2) is 5.36. The van der Waals surface area contributed by atoms with Gasteiger partial charge in [0, 0.05) is 18.4 Å². The number of amides is 1. The van der Waals surface area contributed by atoms with Crippen LogP contribution in [0.4, 0.5) is 0 Å². The summed E-state index contributed by atoms with van der Waals surface area (Å²) in [4.78, 5) is 26.6. The molecule has 0 radical (unpaired) electrons. The highest BCUT2D eigenvalue weighted by atomic mass is 16.7. The summed E-state index contributed by atoms with van der Waals surface area (Å²) in [5.41, 5.74) is 0.615. The van der Waals surface area contributed by atoms with Crippen LogP contribution in [0.2, 0.25) is 0 Å². The van der Waals surface area contributed by atoms with Crippen LogP contribution in [0.1, 0.15) is 12.5 Å². The number of fused-ring (bicyclic) bond motifs is 2. The van der Waals surface area contributed by atoms with E-state index in [1.807, 2.05) is 25.1 Å². The molecule has 2 bridgehead atoms. The first-order chi connectivity index (χ1) is 12.9. The van der Waals surface area contributed by atoms with Crippen LogP contribution in [-0.2, 0) is 20.9 Å². The number of rotatable bonds is 4. The molecule has 0 unspecified atom stereocenters. The molecule has 5 rings (SSSR count). The lowest BCUT2D eigenvalue weighted by Gasteiger charge is -2.33. The van der Waals surface area contributed by atoms with Crippen molar-refractivity contribution in [3.8, 4) is 11.5 Å². The lowest BCUT2D eigenvalue weighted by Crippen LogP contribution is -2.46. The average Bonchev–Trinajstić information content (AvgIpc) is 3.35. The molecule has 4 aliphatic rings. The molecule has 0 aliphatic carbocycles. The second-order valence-electron chi connectivity index (χ2n) is 7.52. The van der Waals surface area contributed by atoms with Crippen LogP contribution in [0.15, 0.2) is 42.5 Å². The van der Waals surface area contributed by atoms with E-state index in [9.17, 15) is 14.7 Å². The second-order valence-corrected chi connectivity index (χ2v) is 7.52. The molecule has 27 heavy (non-hydrogen) atoms. The minimum absolute atomic E-state index is 0.175. The molecule has 4 heterocycles. The minimum atomic E-state index is -1.25. The van der Waals surface area contributed by atoms with Gasteiger partial charge in [-0.05, 0) is 24.6 Å². The highest BCUT2D eigenvalue weighted by Gasteiger charge is 2.69. The van der Waals surface area contributed by atoms with Crippen molar-refractivity contribution in [2.45, 2.75) is 31.2 Å². The summed E-state index contributed by atoms with van der Waals surface area (Å²) in [6.07, 6.45) is 2.93. The lowest BCUT2D eigenvalue weighted by molar-refractivity contribution is -0.313. The first kappa shape index (κ1) is 16.4. The minimum Gasteiger partial charge on any atom is -0.550 e. The summed E-state index contributed by atoms with van der Waals surface area (Å²) in [5, 5.41) is 11.7. The Balaban J connectivity index is 1.53. The fourth-order valence-electron chi connectivity index (χ4n) is 4.95. The van der Waals surface area contributed by atoms with Crippen molar-refractivity contribution in [2.24, 2.45) is 11.8 Å². The first-order valence-corrected chi connectivity index (χ1v) is 8.85. The summed E-state index contributed by atoms with van der Waals surface area (Å²) >= 11 is 0. The Labute approximate surface area is 155 Å². The summed E-state index contributed by atoms with van der Waals surface area (Å²) < 4.78 is 16.8. The molecule has 2 saturated heterocycles. The number of aliphatic carboxylic acids is 1. The fraction of sp³-hybridized carbons (Fsp3) is 0.400. The standard InChI is InChI=1S/C20H19NO6/c1-10(2)17-20-6-5-13(27-20)15(19(23)24)16(20)18(22)21(17)8-11-3-4-12-14(7-11)26-9-25-12/h3-7,13,15-17H,1,8-9H2,2H3,(H,23,24)/p-1/t13-,15-,16+,17-,20-/m1/s1. The van der Waals surface area contributed by atoms with Gasteiger partial charge in [-0.15, -0.1) is 0 Å². The SMILES string of the molecule is C=C(C)[C@H]1N(Cc2ccc3c(c2)OCO3)C(=O)[C@@H]2[C@H](C(=O)[O-])[C@H]3C=C[C@@]21O3. The van der Waals surface area contributed by atoms with Crippen LogP contribution in [0, 0.1) is 11.8 Å². The van der Waals surface area contributed by atoms with Gasteiger partial charge in [0.1, 0.15) is 5.60 Å². The molecule has 1 amide bonds. The molecule has 0 aromatic heterocycles. The van der Waals surface area contributed by atoms with Crippen molar-refractivity contribution in [3.63, 3.8) is 0 Å². The number of hydrogen-bond donors (Lipinski definition) is 0. The number of nitrogens with zero attached hydrogens (tertiary/aromatic N) is 1. The van der Waals surface area contributed by atoms with Crippen LogP contribution >= 0.6 is 0 Å². The van der Waals surface area contributed by atoms with Crippen molar-refractivity contribution >= 4 is 11.9 Å². The van der Waals surface area contributed by atoms with E-state index in [1.54, 1.807) is 17.0 Å². The molecule has 7 heteroatoms. The van der Waals surface area contributed by atoms with E-state index in [0.29, 0.717) is 18.0 Å². The van der Waals surface area contributed by atoms with Crippen molar-refractivity contribution in [1.29, 1.82) is 0 Å². The van der Waals surface area contributed by atoms with Gasteiger partial charge in [0.2, 0.25) is 12.7 Å². The maximum Gasteiger partial charge on any atom is 0.231 e. The van der Waals surface area contributed by atoms with E-state index >= 15 is 0 Å². The highest BCUT2D eigenvalue weighted by molar-refractivity contribution is 5.91. The average molecular weight is 368 g/mol. The Hall–Kier alpha value is -2.80. The molecule has 140 valence electrons. The topological polar surface area (TPSA) is 88.1 Å². The third-order valence-electron chi connectivity index (χ3n) is 5.90. The molecular weight excluding hydrogens is 350 g/mol. The van der Waals surface area contributed by atoms with Crippen LogP contribution in [0.5, 0.6) is 11.5 Å². The molecule has 1 aromatic carbocycles. The number of hydrogen-bond acceptors (Lipinski definition) is 6. The third kappa shape index (κ3) is 2.06. The smallest absolute Gasteiger partial charge is 0.231 e. The highest BCUT2D eigenvalue weighted by Crippen LogP contribution is 2.56. The lowest BCUT2D eigenvalue weighted by atomic mass is 9.74. The molecular formula is C20H18NO6-. The maximum absolute atomic E-state index is 13.3. The number of ether oxygens (including phenoxy) is 3. The maximum atomic E-state index is 13.3. The Kier molecular flexibility index (Phi) is 3.25. The molecule has 5 atom stereocenters. The quantitative estimate of drug-likeness (QED) is 0.715. The molecule has 0 N–H and O–H groups in total. The molecule has 2 fully saturated rings. The number of carbonyl (C=O) groups excluding carboxylic acids is 2. The van der Waals surface area contributed by atoms with Crippen LogP contribution < -0.4 is 14.6 Å². The van der Waals surface area contributed by atoms with Crippen molar-refractivity contribution < 1.29 is 28.9 Å². The summed E-state index contributed by atoms with van der Waals surface area (Å²) in [7, 11) is 0. The largest absolute Gasteiger partial charge is 0.550 e. The zero-order valence-corrected chi connectivity index (χ0v) is 14.7. The predicted molar refractivity (Wildman–Crippen MR) is 90.4 cm³/mol. The van der Waals surface area contributed by atoms with E-state index in [2.05, 4.69) is 6.58 Å².